The summed E-state index contributed by atoms with van der Waals surface area (Å²) in [6.07, 6.45) is 21.7. The SMILES string of the molecule is C1=C\C=C/C=C/C=C\ON=N/C=C\C=C/1. The first kappa shape index (κ1) is 10.9. The Morgan fingerprint density at radius 3 is 1.80 bits per heavy atom. The molecule has 1 aliphatic rings. The van der Waals surface area contributed by atoms with Crippen molar-refractivity contribution in [2.45, 2.75) is 0 Å². The van der Waals surface area contributed by atoms with Gasteiger partial charge in [-0.25, -0.2) is 0 Å². The summed E-state index contributed by atoms with van der Waals surface area (Å²) >= 11 is 0. The van der Waals surface area contributed by atoms with E-state index in [1.54, 1.807) is 18.4 Å². The largest absolute Gasteiger partial charge is 0.347 e. The van der Waals surface area contributed by atoms with Gasteiger partial charge < -0.3 is 4.84 Å². The quantitative estimate of drug-likeness (QED) is 0.587. The van der Waals surface area contributed by atoms with Crippen molar-refractivity contribution in [1.82, 2.24) is 0 Å². The first-order chi connectivity index (χ1) is 7.50. The van der Waals surface area contributed by atoms with Crippen LogP contribution in [0.15, 0.2) is 83.6 Å². The summed E-state index contributed by atoms with van der Waals surface area (Å²) < 4.78 is 0. The molecular formula is C12H12N2O. The van der Waals surface area contributed by atoms with Gasteiger partial charge in [0.2, 0.25) is 0 Å². The van der Waals surface area contributed by atoms with E-state index in [0.717, 1.165) is 0 Å². The molecule has 15 heavy (non-hydrogen) atoms. The highest BCUT2D eigenvalue weighted by atomic mass is 16.6. The maximum atomic E-state index is 4.72. The second-order valence-electron chi connectivity index (χ2n) is 2.51. The van der Waals surface area contributed by atoms with Crippen LogP contribution in [0, 0.1) is 0 Å². The zero-order chi connectivity index (χ0) is 10.6. The Kier molecular flexibility index (Phi) is 6.14. The van der Waals surface area contributed by atoms with E-state index >= 15 is 0 Å². The highest BCUT2D eigenvalue weighted by Gasteiger charge is 1.69. The molecule has 0 radical (unpaired) electrons. The van der Waals surface area contributed by atoms with Crippen LogP contribution in [0.4, 0.5) is 0 Å². The van der Waals surface area contributed by atoms with Crippen molar-refractivity contribution in [3.8, 4) is 0 Å². The molecule has 1 aliphatic heterocycles. The van der Waals surface area contributed by atoms with Gasteiger partial charge in [-0.3, -0.25) is 0 Å². The third kappa shape index (κ3) is 6.95. The van der Waals surface area contributed by atoms with Crippen molar-refractivity contribution in [3.63, 3.8) is 0 Å². The Morgan fingerprint density at radius 1 is 0.600 bits per heavy atom. The molecule has 3 nitrogen and oxygen atoms in total. The number of rotatable bonds is 0. The van der Waals surface area contributed by atoms with Gasteiger partial charge in [-0.2, -0.15) is 0 Å². The lowest BCUT2D eigenvalue weighted by atomic mass is 10.4. The zero-order valence-electron chi connectivity index (χ0n) is 8.23. The molecule has 0 saturated carbocycles. The zero-order valence-corrected chi connectivity index (χ0v) is 8.23. The van der Waals surface area contributed by atoms with Crippen LogP contribution < -0.4 is 0 Å². The standard InChI is InChI=1S/C12H12N2O/c1-2-4-6-8-10-12-15-14-13-11-9-7-5-3-1/h1-12H/b3-1-,4-2-,7-5-,8-6+,11-9-,12-10-,14-13?. The van der Waals surface area contributed by atoms with Crippen LogP contribution in [0.3, 0.4) is 0 Å². The lowest BCUT2D eigenvalue weighted by Gasteiger charge is -1.81. The predicted molar refractivity (Wildman–Crippen MR) is 60.8 cm³/mol. The molecule has 0 aromatic carbocycles. The lowest BCUT2D eigenvalue weighted by molar-refractivity contribution is 0.242. The van der Waals surface area contributed by atoms with Gasteiger partial charge in [0.1, 0.15) is 6.26 Å². The highest BCUT2D eigenvalue weighted by Crippen LogP contribution is 1.88. The van der Waals surface area contributed by atoms with Gasteiger partial charge in [-0.05, 0) is 12.2 Å². The fraction of sp³-hybridized carbons (Fsp3) is 0. The Bertz CT molecular complexity index is 324. The Morgan fingerprint density at radius 2 is 1.13 bits per heavy atom. The average Bonchev–Trinajstić information content (AvgIpc) is 2.27. The smallest absolute Gasteiger partial charge is 0.124 e. The van der Waals surface area contributed by atoms with Gasteiger partial charge in [0.25, 0.3) is 0 Å². The van der Waals surface area contributed by atoms with Gasteiger partial charge >= 0.3 is 0 Å². The summed E-state index contributed by atoms with van der Waals surface area (Å²) in [5, 5.41) is 7.07. The van der Waals surface area contributed by atoms with E-state index in [1.165, 1.54) is 6.26 Å². The van der Waals surface area contributed by atoms with E-state index < -0.39 is 0 Å². The first-order valence-electron chi connectivity index (χ1n) is 4.54. The van der Waals surface area contributed by atoms with E-state index in [0.29, 0.717) is 0 Å². The monoisotopic (exact) mass is 200 g/mol. The van der Waals surface area contributed by atoms with Gasteiger partial charge in [0.15, 0.2) is 0 Å². The summed E-state index contributed by atoms with van der Waals surface area (Å²) in [5.41, 5.74) is 0. The maximum absolute atomic E-state index is 4.72. The molecule has 0 aliphatic carbocycles. The van der Waals surface area contributed by atoms with Gasteiger partial charge in [0.05, 0.1) is 6.20 Å². The molecule has 0 aromatic heterocycles. The van der Waals surface area contributed by atoms with E-state index in [2.05, 4.69) is 10.4 Å². The second kappa shape index (κ2) is 8.44. The summed E-state index contributed by atoms with van der Waals surface area (Å²) in [5.74, 6) is 0. The first-order valence-corrected chi connectivity index (χ1v) is 4.54. The molecule has 3 heteroatoms. The molecule has 1 heterocycles. The number of hydrogen-bond acceptors (Lipinski definition) is 3. The predicted octanol–water partition coefficient (Wildman–Crippen LogP) is 3.64. The molecule has 0 saturated heterocycles. The molecule has 0 unspecified atom stereocenters. The maximum Gasteiger partial charge on any atom is 0.124 e. The third-order valence-corrected chi connectivity index (χ3v) is 1.39. The van der Waals surface area contributed by atoms with E-state index in [1.807, 2.05) is 48.6 Å². The van der Waals surface area contributed by atoms with Crippen molar-refractivity contribution in [2.75, 3.05) is 0 Å². The minimum atomic E-state index is 1.45. The van der Waals surface area contributed by atoms with E-state index in [-0.39, 0.29) is 0 Å². The minimum absolute atomic E-state index is 1.45. The average molecular weight is 200 g/mol. The summed E-state index contributed by atoms with van der Waals surface area (Å²) in [6, 6.07) is 0. The van der Waals surface area contributed by atoms with E-state index in [9.17, 15) is 0 Å². The molecule has 0 aromatic rings. The van der Waals surface area contributed by atoms with Crippen LogP contribution in [0.5, 0.6) is 0 Å². The molecule has 1 rings (SSSR count). The minimum Gasteiger partial charge on any atom is -0.347 e. The van der Waals surface area contributed by atoms with Crippen molar-refractivity contribution in [3.05, 3.63) is 73.2 Å². The number of hydrogen-bond donors (Lipinski definition) is 0. The summed E-state index contributed by atoms with van der Waals surface area (Å²) in [6.45, 7) is 0. The summed E-state index contributed by atoms with van der Waals surface area (Å²) in [4.78, 5) is 4.72. The number of nitrogens with zero attached hydrogens (tertiary/aromatic N) is 2. The summed E-state index contributed by atoms with van der Waals surface area (Å²) in [7, 11) is 0. The van der Waals surface area contributed by atoms with Crippen LogP contribution in [0.25, 0.3) is 0 Å². The lowest BCUT2D eigenvalue weighted by Crippen LogP contribution is -1.62. The molecule has 0 atom stereocenters. The Hall–Kier alpha value is -2.16. The van der Waals surface area contributed by atoms with Crippen LogP contribution >= 0.6 is 0 Å². The van der Waals surface area contributed by atoms with Crippen LogP contribution in [-0.4, -0.2) is 0 Å². The third-order valence-electron chi connectivity index (χ3n) is 1.39. The number of allylic oxidation sites excluding steroid dienone is 10. The fourth-order valence-corrected chi connectivity index (χ4v) is 0.764. The second-order valence-corrected chi connectivity index (χ2v) is 2.51. The topological polar surface area (TPSA) is 34.0 Å². The van der Waals surface area contributed by atoms with Crippen LogP contribution in [-0.2, 0) is 4.84 Å². The molecule has 0 bridgehead atoms. The van der Waals surface area contributed by atoms with Gasteiger partial charge in [0, 0.05) is 5.28 Å². The Labute approximate surface area is 89.1 Å². The van der Waals surface area contributed by atoms with Gasteiger partial charge in [-0.15, -0.1) is 5.11 Å². The van der Waals surface area contributed by atoms with Crippen LogP contribution in [0.1, 0.15) is 0 Å². The normalized spacial score (nSPS) is 28.8. The molecule has 76 valence electrons. The van der Waals surface area contributed by atoms with Crippen molar-refractivity contribution in [2.24, 2.45) is 10.4 Å². The highest BCUT2D eigenvalue weighted by molar-refractivity contribution is 5.19. The molecular weight excluding hydrogens is 188 g/mol. The van der Waals surface area contributed by atoms with Gasteiger partial charge in [-0.1, -0.05) is 48.6 Å². The molecule has 0 amide bonds. The van der Waals surface area contributed by atoms with Crippen molar-refractivity contribution >= 4 is 0 Å². The van der Waals surface area contributed by atoms with Crippen LogP contribution in [0.2, 0.25) is 0 Å². The Balaban J connectivity index is 2.62. The molecule has 0 spiro atoms. The molecule has 0 N–H and O–H groups in total. The van der Waals surface area contributed by atoms with E-state index in [4.69, 9.17) is 4.84 Å². The molecule has 0 fully saturated rings. The fourth-order valence-electron chi connectivity index (χ4n) is 0.764. The van der Waals surface area contributed by atoms with Crippen molar-refractivity contribution in [1.29, 1.82) is 0 Å². The van der Waals surface area contributed by atoms with Crippen molar-refractivity contribution < 1.29 is 4.84 Å².